The van der Waals surface area contributed by atoms with Crippen LogP contribution in [0.2, 0.25) is 5.02 Å². The topological polar surface area (TPSA) is 3.24 Å². The number of benzene rings is 1. The SMILES string of the molecule is CC(c1cccc(Cl)c1)N(C)CCCCS. The summed E-state index contributed by atoms with van der Waals surface area (Å²) in [5.74, 6) is 0.972. The Bertz CT molecular complexity index is 317. The van der Waals surface area contributed by atoms with Gasteiger partial charge in [-0.05, 0) is 56.8 Å². The van der Waals surface area contributed by atoms with Gasteiger partial charge in [-0.1, -0.05) is 23.7 Å². The molecule has 0 aliphatic rings. The molecule has 0 aliphatic heterocycles. The van der Waals surface area contributed by atoms with Gasteiger partial charge in [0.1, 0.15) is 0 Å². The number of hydrogen-bond donors (Lipinski definition) is 1. The lowest BCUT2D eigenvalue weighted by Crippen LogP contribution is -2.23. The van der Waals surface area contributed by atoms with E-state index in [1.807, 2.05) is 18.2 Å². The molecular weight excluding hydrogens is 238 g/mol. The lowest BCUT2D eigenvalue weighted by atomic mass is 10.1. The number of rotatable bonds is 6. The number of halogens is 1. The monoisotopic (exact) mass is 257 g/mol. The standard InChI is InChI=1S/C13H20ClNS/c1-11(15(2)8-3-4-9-16)12-6-5-7-13(14)10-12/h5-7,10-11,16H,3-4,8-9H2,1-2H3. The Labute approximate surface area is 109 Å². The van der Waals surface area contributed by atoms with Crippen molar-refractivity contribution >= 4 is 24.2 Å². The Hall–Kier alpha value is -0.180. The van der Waals surface area contributed by atoms with Crippen molar-refractivity contribution in [3.05, 3.63) is 34.9 Å². The summed E-state index contributed by atoms with van der Waals surface area (Å²) in [5.41, 5.74) is 1.28. The maximum atomic E-state index is 5.99. The smallest absolute Gasteiger partial charge is 0.0409 e. The Balaban J connectivity index is 2.52. The molecule has 0 fully saturated rings. The van der Waals surface area contributed by atoms with Crippen LogP contribution in [0.1, 0.15) is 31.4 Å². The molecule has 1 nitrogen and oxygen atoms in total. The van der Waals surface area contributed by atoms with Gasteiger partial charge in [0.2, 0.25) is 0 Å². The second-order valence-electron chi connectivity index (χ2n) is 4.14. The zero-order valence-corrected chi connectivity index (χ0v) is 11.6. The van der Waals surface area contributed by atoms with E-state index >= 15 is 0 Å². The van der Waals surface area contributed by atoms with E-state index in [9.17, 15) is 0 Å². The molecule has 0 amide bonds. The van der Waals surface area contributed by atoms with Crippen LogP contribution in [0.25, 0.3) is 0 Å². The third-order valence-corrected chi connectivity index (χ3v) is 3.46. The first kappa shape index (κ1) is 13.9. The van der Waals surface area contributed by atoms with Crippen molar-refractivity contribution in [3.63, 3.8) is 0 Å². The largest absolute Gasteiger partial charge is 0.300 e. The van der Waals surface area contributed by atoms with Gasteiger partial charge in [-0.25, -0.2) is 0 Å². The molecule has 0 heterocycles. The van der Waals surface area contributed by atoms with Gasteiger partial charge in [0.25, 0.3) is 0 Å². The summed E-state index contributed by atoms with van der Waals surface area (Å²) in [5, 5.41) is 0.813. The van der Waals surface area contributed by atoms with Gasteiger partial charge in [-0.3, -0.25) is 4.90 Å². The van der Waals surface area contributed by atoms with E-state index in [0.29, 0.717) is 6.04 Å². The average Bonchev–Trinajstić information content (AvgIpc) is 2.28. The zero-order valence-electron chi connectivity index (χ0n) is 9.99. The van der Waals surface area contributed by atoms with Crippen molar-refractivity contribution < 1.29 is 0 Å². The van der Waals surface area contributed by atoms with Crippen molar-refractivity contribution in [2.24, 2.45) is 0 Å². The molecule has 0 aliphatic carbocycles. The summed E-state index contributed by atoms with van der Waals surface area (Å²) in [6.07, 6.45) is 2.38. The maximum absolute atomic E-state index is 5.99. The van der Waals surface area contributed by atoms with Crippen LogP contribution in [0.5, 0.6) is 0 Å². The van der Waals surface area contributed by atoms with E-state index in [1.165, 1.54) is 18.4 Å². The second-order valence-corrected chi connectivity index (χ2v) is 5.03. The summed E-state index contributed by atoms with van der Waals surface area (Å²) in [6, 6.07) is 8.51. The number of thiol groups is 1. The number of hydrogen-bond acceptors (Lipinski definition) is 2. The highest BCUT2D eigenvalue weighted by atomic mass is 35.5. The minimum atomic E-state index is 0.415. The van der Waals surface area contributed by atoms with Crippen molar-refractivity contribution in [1.82, 2.24) is 4.90 Å². The molecule has 0 saturated carbocycles. The van der Waals surface area contributed by atoms with Gasteiger partial charge in [0.05, 0.1) is 0 Å². The minimum Gasteiger partial charge on any atom is -0.300 e. The molecule has 0 saturated heterocycles. The molecule has 1 rings (SSSR count). The van der Waals surface area contributed by atoms with Crippen molar-refractivity contribution in [3.8, 4) is 0 Å². The molecule has 0 bridgehead atoms. The number of nitrogens with zero attached hydrogens (tertiary/aromatic N) is 1. The second kappa shape index (κ2) is 7.21. The summed E-state index contributed by atoms with van der Waals surface area (Å²) >= 11 is 10.2. The Morgan fingerprint density at radius 2 is 2.12 bits per heavy atom. The molecule has 16 heavy (non-hydrogen) atoms. The highest BCUT2D eigenvalue weighted by Crippen LogP contribution is 2.21. The van der Waals surface area contributed by atoms with Gasteiger partial charge >= 0.3 is 0 Å². The van der Waals surface area contributed by atoms with Gasteiger partial charge in [0.15, 0.2) is 0 Å². The summed E-state index contributed by atoms with van der Waals surface area (Å²) in [7, 11) is 2.16. The fourth-order valence-electron chi connectivity index (χ4n) is 1.69. The van der Waals surface area contributed by atoms with Crippen molar-refractivity contribution in [2.75, 3.05) is 19.3 Å². The first-order chi connectivity index (χ1) is 7.65. The van der Waals surface area contributed by atoms with E-state index in [-0.39, 0.29) is 0 Å². The van der Waals surface area contributed by atoms with E-state index in [0.717, 1.165) is 17.3 Å². The van der Waals surface area contributed by atoms with E-state index in [1.54, 1.807) is 0 Å². The molecule has 0 N–H and O–H groups in total. The van der Waals surface area contributed by atoms with E-state index in [2.05, 4.69) is 37.6 Å². The van der Waals surface area contributed by atoms with Crippen LogP contribution < -0.4 is 0 Å². The quantitative estimate of drug-likeness (QED) is 0.595. The zero-order chi connectivity index (χ0) is 12.0. The molecule has 0 aromatic heterocycles. The molecular formula is C13H20ClNS. The average molecular weight is 258 g/mol. The Morgan fingerprint density at radius 3 is 2.75 bits per heavy atom. The molecule has 1 unspecified atom stereocenters. The van der Waals surface area contributed by atoms with Gasteiger partial charge in [-0.2, -0.15) is 12.6 Å². The predicted molar refractivity (Wildman–Crippen MR) is 75.6 cm³/mol. The molecule has 0 spiro atoms. The lowest BCUT2D eigenvalue weighted by Gasteiger charge is -2.25. The van der Waals surface area contributed by atoms with Gasteiger partial charge in [-0.15, -0.1) is 0 Å². The van der Waals surface area contributed by atoms with Crippen molar-refractivity contribution in [2.45, 2.75) is 25.8 Å². The molecule has 1 atom stereocenters. The fraction of sp³-hybridized carbons (Fsp3) is 0.538. The van der Waals surface area contributed by atoms with Crippen LogP contribution >= 0.6 is 24.2 Å². The van der Waals surface area contributed by atoms with Gasteiger partial charge < -0.3 is 0 Å². The first-order valence-electron chi connectivity index (χ1n) is 5.71. The summed E-state index contributed by atoms with van der Waals surface area (Å²) in [4.78, 5) is 2.36. The van der Waals surface area contributed by atoms with Crippen LogP contribution in [-0.2, 0) is 0 Å². The normalized spacial score (nSPS) is 13.1. The molecule has 1 aromatic carbocycles. The predicted octanol–water partition coefficient (Wildman–Crippen LogP) is 4.04. The lowest BCUT2D eigenvalue weighted by molar-refractivity contribution is 0.258. The van der Waals surface area contributed by atoms with Crippen LogP contribution in [0.15, 0.2) is 24.3 Å². The molecule has 0 radical (unpaired) electrons. The van der Waals surface area contributed by atoms with Gasteiger partial charge in [0, 0.05) is 11.1 Å². The van der Waals surface area contributed by atoms with Crippen molar-refractivity contribution in [1.29, 1.82) is 0 Å². The third-order valence-electron chi connectivity index (χ3n) is 2.91. The highest BCUT2D eigenvalue weighted by molar-refractivity contribution is 7.80. The van der Waals surface area contributed by atoms with E-state index < -0.39 is 0 Å². The summed E-state index contributed by atoms with van der Waals surface area (Å²) in [6.45, 7) is 3.32. The fourth-order valence-corrected chi connectivity index (χ4v) is 2.11. The number of unbranched alkanes of at least 4 members (excludes halogenated alkanes) is 1. The Morgan fingerprint density at radius 1 is 1.38 bits per heavy atom. The van der Waals surface area contributed by atoms with Crippen LogP contribution in [0.4, 0.5) is 0 Å². The minimum absolute atomic E-state index is 0.415. The van der Waals surface area contributed by atoms with Crippen LogP contribution in [-0.4, -0.2) is 24.2 Å². The molecule has 3 heteroatoms. The molecule has 90 valence electrons. The maximum Gasteiger partial charge on any atom is 0.0409 e. The Kier molecular flexibility index (Phi) is 6.25. The molecule has 1 aromatic rings. The summed E-state index contributed by atoms with van der Waals surface area (Å²) < 4.78 is 0. The first-order valence-corrected chi connectivity index (χ1v) is 6.72. The van der Waals surface area contributed by atoms with Crippen LogP contribution in [0, 0.1) is 0 Å². The van der Waals surface area contributed by atoms with E-state index in [4.69, 9.17) is 11.6 Å². The van der Waals surface area contributed by atoms with Crippen LogP contribution in [0.3, 0.4) is 0 Å². The third kappa shape index (κ3) is 4.36. The highest BCUT2D eigenvalue weighted by Gasteiger charge is 2.10.